The molecule has 0 bridgehead atoms. The highest BCUT2D eigenvalue weighted by molar-refractivity contribution is 7.26. The molecule has 12 rings (SSSR count). The number of thiophene rings is 1. The third-order valence-electron chi connectivity index (χ3n) is 12.3. The summed E-state index contributed by atoms with van der Waals surface area (Å²) >= 11 is 1.89. The lowest BCUT2D eigenvalue weighted by Crippen LogP contribution is -1.89. The van der Waals surface area contributed by atoms with Crippen LogP contribution in [0.1, 0.15) is 56.7 Å². The van der Waals surface area contributed by atoms with E-state index in [9.17, 15) is 0 Å². The first-order valence-electron chi connectivity index (χ1n) is 25.8. The van der Waals surface area contributed by atoms with Crippen molar-refractivity contribution in [3.8, 4) is 55.8 Å². The Kier molecular flexibility index (Phi) is 18.4. The largest absolute Gasteiger partial charge is 0.265 e. The average molecular weight is 1020 g/mol. The molecule has 8 aromatic heterocycles. The van der Waals surface area contributed by atoms with Crippen molar-refractivity contribution < 1.29 is 0 Å². The van der Waals surface area contributed by atoms with Gasteiger partial charge < -0.3 is 0 Å². The molecule has 8 heteroatoms. The van der Waals surface area contributed by atoms with Crippen LogP contribution in [0.4, 0.5) is 0 Å². The van der Waals surface area contributed by atoms with E-state index < -0.39 is 0 Å². The van der Waals surface area contributed by atoms with Crippen LogP contribution >= 0.6 is 11.3 Å². The molecule has 0 amide bonds. The molecule has 7 nitrogen and oxygen atoms in total. The average Bonchev–Trinajstić information content (AvgIpc) is 3.82. The van der Waals surface area contributed by atoms with Crippen LogP contribution in [0, 0.1) is 69.2 Å². The van der Waals surface area contributed by atoms with Crippen LogP contribution in [-0.2, 0) is 0 Å². The highest BCUT2D eigenvalue weighted by atomic mass is 32.1. The second kappa shape index (κ2) is 26.1. The van der Waals surface area contributed by atoms with Gasteiger partial charge in [-0.1, -0.05) is 108 Å². The van der Waals surface area contributed by atoms with Crippen LogP contribution < -0.4 is 0 Å². The number of benzene rings is 4. The first-order valence-corrected chi connectivity index (χ1v) is 26.6. The van der Waals surface area contributed by atoms with E-state index in [1.165, 1.54) is 70.2 Å². The summed E-state index contributed by atoms with van der Waals surface area (Å²) in [5.74, 6) is 0. The number of rotatable bonds is 5. The van der Waals surface area contributed by atoms with Crippen molar-refractivity contribution in [1.82, 2.24) is 34.9 Å². The van der Waals surface area contributed by atoms with Crippen LogP contribution in [0.5, 0.6) is 0 Å². The van der Waals surface area contributed by atoms with E-state index in [0.717, 1.165) is 62.4 Å². The molecule has 0 spiro atoms. The third kappa shape index (κ3) is 15.4. The predicted octanol–water partition coefficient (Wildman–Crippen LogP) is 18.0. The van der Waals surface area contributed by atoms with Gasteiger partial charge in [-0.25, -0.2) is 0 Å². The Morgan fingerprint density at radius 1 is 0.299 bits per heavy atom. The molecular formula is C69H65N7S. The molecule has 382 valence electrons. The molecule has 0 unspecified atom stereocenters. The molecule has 0 aliphatic rings. The molecule has 77 heavy (non-hydrogen) atoms. The van der Waals surface area contributed by atoms with Crippen LogP contribution in [-0.4, -0.2) is 34.9 Å². The summed E-state index contributed by atoms with van der Waals surface area (Å²) in [7, 11) is 0. The lowest BCUT2D eigenvalue weighted by Gasteiger charge is -2.06. The molecule has 8 heterocycles. The predicted molar refractivity (Wildman–Crippen MR) is 324 cm³/mol. The number of pyridine rings is 7. The Labute approximate surface area is 458 Å². The summed E-state index contributed by atoms with van der Waals surface area (Å²) < 4.78 is 2.76. The number of hydrogen-bond acceptors (Lipinski definition) is 8. The van der Waals surface area contributed by atoms with Gasteiger partial charge in [0.1, 0.15) is 0 Å². The third-order valence-corrected chi connectivity index (χ3v) is 13.6. The van der Waals surface area contributed by atoms with Crippen molar-refractivity contribution in [2.75, 3.05) is 0 Å². The van der Waals surface area contributed by atoms with E-state index >= 15 is 0 Å². The van der Waals surface area contributed by atoms with Crippen LogP contribution in [0.15, 0.2) is 213 Å². The Morgan fingerprint density at radius 2 is 0.766 bits per heavy atom. The second-order valence-electron chi connectivity index (χ2n) is 19.3. The Balaban J connectivity index is 0.000000129. The zero-order chi connectivity index (χ0) is 54.3. The fourth-order valence-electron chi connectivity index (χ4n) is 9.33. The standard InChI is InChI=1S/C20H16S.C13H13N.3C12H12N2/c1-13-10-14(2)12-15(11-13)16-7-5-8-18-17-6-3-4-9-19(17)21-20(16)18;1-10-8-13(9-11(2)14-10)12-6-4-3-5-7-12;1-9-7-12(8-10(2)14-9)11-3-5-13-6-4-11;1-9-6-12(7-10(2)14-9)11-4-3-5-13-8-11;1-9-7-11(8-10(2)14-9)12-5-3-4-6-13-12/h3-12H,1-2H3;3-9H,1-2H3;3*3-8H,1-2H3. The fourth-order valence-corrected chi connectivity index (χ4v) is 10.6. The molecule has 0 aliphatic heterocycles. The molecule has 0 radical (unpaired) electrons. The minimum atomic E-state index is 1.00. The van der Waals surface area contributed by atoms with E-state index in [1.807, 2.05) is 115 Å². The van der Waals surface area contributed by atoms with Crippen LogP contribution in [0.25, 0.3) is 75.9 Å². The summed E-state index contributed by atoms with van der Waals surface area (Å²) in [6.07, 6.45) is 9.07. The maximum Gasteiger partial charge on any atom is 0.0703 e. The molecule has 0 saturated heterocycles. The first-order chi connectivity index (χ1) is 37.2. The van der Waals surface area contributed by atoms with Gasteiger partial charge in [0.05, 0.1) is 5.69 Å². The summed E-state index contributed by atoms with van der Waals surface area (Å²) in [5.41, 5.74) is 23.1. The van der Waals surface area contributed by atoms with Crippen molar-refractivity contribution in [3.63, 3.8) is 0 Å². The van der Waals surface area contributed by atoms with Gasteiger partial charge in [0, 0.05) is 108 Å². The molecule has 0 saturated carbocycles. The SMILES string of the molecule is Cc1cc(-c2ccccc2)cc(C)n1.Cc1cc(-c2ccccn2)cc(C)n1.Cc1cc(-c2cccnc2)cc(C)n1.Cc1cc(-c2ccncc2)cc(C)n1.Cc1cc(C)cc(-c2cccc3c2sc2ccccc23)c1. The monoisotopic (exact) mass is 1020 g/mol. The van der Waals surface area contributed by atoms with Gasteiger partial charge >= 0.3 is 0 Å². The lowest BCUT2D eigenvalue weighted by atomic mass is 9.99. The van der Waals surface area contributed by atoms with Crippen molar-refractivity contribution in [2.24, 2.45) is 0 Å². The van der Waals surface area contributed by atoms with E-state index in [1.54, 1.807) is 24.8 Å². The minimum absolute atomic E-state index is 1.00. The van der Waals surface area contributed by atoms with Crippen molar-refractivity contribution in [2.45, 2.75) is 69.2 Å². The highest BCUT2D eigenvalue weighted by Crippen LogP contribution is 2.40. The second-order valence-corrected chi connectivity index (χ2v) is 20.3. The molecule has 4 aromatic carbocycles. The number of hydrogen-bond donors (Lipinski definition) is 0. The summed E-state index contributed by atoms with van der Waals surface area (Å²) in [5, 5.41) is 2.73. The van der Waals surface area contributed by atoms with Crippen molar-refractivity contribution in [1.29, 1.82) is 0 Å². The number of fused-ring (bicyclic) bond motifs is 3. The Bertz CT molecular complexity index is 3410. The van der Waals surface area contributed by atoms with Gasteiger partial charge in [0.15, 0.2) is 0 Å². The topological polar surface area (TPSA) is 90.2 Å². The normalized spacial score (nSPS) is 10.5. The molecule has 12 aromatic rings. The van der Waals surface area contributed by atoms with E-state index in [0.29, 0.717) is 0 Å². The van der Waals surface area contributed by atoms with E-state index in [4.69, 9.17) is 0 Å². The van der Waals surface area contributed by atoms with Gasteiger partial charge in [-0.2, -0.15) is 0 Å². The Hall–Kier alpha value is -8.85. The number of aryl methyl sites for hydroxylation is 10. The zero-order valence-corrected chi connectivity index (χ0v) is 46.6. The van der Waals surface area contributed by atoms with Crippen molar-refractivity contribution in [3.05, 3.63) is 270 Å². The van der Waals surface area contributed by atoms with Gasteiger partial charge in [0.25, 0.3) is 0 Å². The molecular weight excluding hydrogens is 959 g/mol. The van der Waals surface area contributed by atoms with Gasteiger partial charge in [-0.15, -0.1) is 11.3 Å². The quantitative estimate of drug-likeness (QED) is 0.170. The van der Waals surface area contributed by atoms with Gasteiger partial charge in [-0.05, 0) is 193 Å². The fraction of sp³-hybridized carbons (Fsp3) is 0.145. The van der Waals surface area contributed by atoms with Gasteiger partial charge in [-0.3, -0.25) is 34.9 Å². The van der Waals surface area contributed by atoms with Crippen molar-refractivity contribution >= 4 is 31.5 Å². The maximum atomic E-state index is 4.36. The molecule has 0 aliphatic carbocycles. The molecule has 0 atom stereocenters. The minimum Gasteiger partial charge on any atom is -0.265 e. The van der Waals surface area contributed by atoms with Crippen LogP contribution in [0.3, 0.4) is 0 Å². The lowest BCUT2D eigenvalue weighted by molar-refractivity contribution is 1.12. The summed E-state index contributed by atoms with van der Waals surface area (Å²) in [6, 6.07) is 63.1. The van der Waals surface area contributed by atoms with Gasteiger partial charge in [0.2, 0.25) is 0 Å². The highest BCUT2D eigenvalue weighted by Gasteiger charge is 2.11. The summed E-state index contributed by atoms with van der Waals surface area (Å²) in [6.45, 7) is 20.4. The molecule has 0 N–H and O–H groups in total. The zero-order valence-electron chi connectivity index (χ0n) is 45.7. The van der Waals surface area contributed by atoms with Crippen LogP contribution in [0.2, 0.25) is 0 Å². The Morgan fingerprint density at radius 3 is 1.29 bits per heavy atom. The molecule has 0 fully saturated rings. The summed E-state index contributed by atoms with van der Waals surface area (Å²) in [4.78, 5) is 29.8. The maximum absolute atomic E-state index is 4.36. The number of nitrogens with zero attached hydrogens (tertiary/aromatic N) is 7. The van der Waals surface area contributed by atoms with E-state index in [2.05, 4.69) is 188 Å². The first kappa shape index (κ1) is 54.4. The smallest absolute Gasteiger partial charge is 0.0703 e. The van der Waals surface area contributed by atoms with E-state index in [-0.39, 0.29) is 0 Å². The number of aromatic nitrogens is 7.